The van der Waals surface area contributed by atoms with E-state index in [1.54, 1.807) is 24.3 Å². The number of halogens is 1. The Morgan fingerprint density at radius 1 is 1.17 bits per heavy atom. The highest BCUT2D eigenvalue weighted by atomic mass is 35.5. The van der Waals surface area contributed by atoms with Gasteiger partial charge in [-0.1, -0.05) is 30.3 Å². The standard InChI is InChI=1S/C9H7ClO2/c10-9(12)8(11)6-7-4-2-1-3-5-7/h1-5H,6H2. The van der Waals surface area contributed by atoms with E-state index in [1.807, 2.05) is 6.07 Å². The maximum absolute atomic E-state index is 10.8. The lowest BCUT2D eigenvalue weighted by Gasteiger charge is -1.94. The Labute approximate surface area is 75.2 Å². The molecular formula is C9H7ClO2. The third kappa shape index (κ3) is 2.47. The summed E-state index contributed by atoms with van der Waals surface area (Å²) in [5.74, 6) is -0.567. The van der Waals surface area contributed by atoms with E-state index in [0.29, 0.717) is 0 Å². The Kier molecular flexibility index (Phi) is 3.00. The second kappa shape index (κ2) is 4.02. The predicted molar refractivity (Wildman–Crippen MR) is 46.0 cm³/mol. The number of hydrogen-bond donors (Lipinski definition) is 0. The number of rotatable bonds is 3. The Morgan fingerprint density at radius 3 is 2.25 bits per heavy atom. The molecule has 12 heavy (non-hydrogen) atoms. The summed E-state index contributed by atoms with van der Waals surface area (Å²) in [6.07, 6.45) is 0.0865. The zero-order chi connectivity index (χ0) is 8.97. The van der Waals surface area contributed by atoms with Crippen LogP contribution in [0.15, 0.2) is 30.3 Å². The Balaban J connectivity index is 2.65. The summed E-state index contributed by atoms with van der Waals surface area (Å²) < 4.78 is 0. The number of ketones is 1. The van der Waals surface area contributed by atoms with Crippen molar-refractivity contribution >= 4 is 22.6 Å². The van der Waals surface area contributed by atoms with Gasteiger partial charge >= 0.3 is 0 Å². The third-order valence-corrected chi connectivity index (χ3v) is 1.64. The molecule has 0 unspecified atom stereocenters. The van der Waals surface area contributed by atoms with Crippen LogP contribution in [0.25, 0.3) is 0 Å². The summed E-state index contributed by atoms with van der Waals surface area (Å²) in [5, 5.41) is -0.904. The lowest BCUT2D eigenvalue weighted by Crippen LogP contribution is -2.09. The monoisotopic (exact) mass is 182 g/mol. The van der Waals surface area contributed by atoms with E-state index in [9.17, 15) is 9.59 Å². The van der Waals surface area contributed by atoms with Gasteiger partial charge in [-0.25, -0.2) is 0 Å². The fourth-order valence-corrected chi connectivity index (χ4v) is 0.918. The Bertz CT molecular complexity index is 293. The van der Waals surface area contributed by atoms with Crippen molar-refractivity contribution in [1.29, 1.82) is 0 Å². The lowest BCUT2D eigenvalue weighted by molar-refractivity contribution is -0.131. The highest BCUT2D eigenvalue weighted by Crippen LogP contribution is 2.01. The summed E-state index contributed by atoms with van der Waals surface area (Å²) in [5.41, 5.74) is 0.802. The van der Waals surface area contributed by atoms with Crippen molar-refractivity contribution in [2.75, 3.05) is 0 Å². The van der Waals surface area contributed by atoms with Crippen molar-refractivity contribution in [3.8, 4) is 0 Å². The smallest absolute Gasteiger partial charge is 0.288 e. The first-order valence-corrected chi connectivity index (χ1v) is 3.84. The first-order chi connectivity index (χ1) is 5.70. The molecule has 1 rings (SSSR count). The van der Waals surface area contributed by atoms with Crippen LogP contribution in [0.3, 0.4) is 0 Å². The minimum absolute atomic E-state index is 0.0865. The topological polar surface area (TPSA) is 34.1 Å². The molecule has 0 saturated carbocycles. The third-order valence-electron chi connectivity index (χ3n) is 1.43. The van der Waals surface area contributed by atoms with Gasteiger partial charge in [-0.3, -0.25) is 9.59 Å². The normalized spacial score (nSPS) is 9.42. The van der Waals surface area contributed by atoms with Crippen molar-refractivity contribution in [1.82, 2.24) is 0 Å². The van der Waals surface area contributed by atoms with Gasteiger partial charge in [0.1, 0.15) is 0 Å². The van der Waals surface area contributed by atoms with Gasteiger partial charge in [0.2, 0.25) is 5.78 Å². The van der Waals surface area contributed by atoms with Crippen LogP contribution >= 0.6 is 11.6 Å². The highest BCUT2D eigenvalue weighted by Gasteiger charge is 2.09. The van der Waals surface area contributed by atoms with Crippen LogP contribution in [0.4, 0.5) is 0 Å². The fourth-order valence-electron chi connectivity index (χ4n) is 0.851. The Hall–Kier alpha value is -1.15. The molecule has 62 valence electrons. The van der Waals surface area contributed by atoms with Gasteiger partial charge in [0, 0.05) is 6.42 Å². The average molecular weight is 183 g/mol. The van der Waals surface area contributed by atoms with E-state index in [4.69, 9.17) is 11.6 Å². The minimum Gasteiger partial charge on any atom is -0.289 e. The van der Waals surface area contributed by atoms with Gasteiger partial charge in [-0.15, -0.1) is 0 Å². The molecule has 0 aliphatic carbocycles. The van der Waals surface area contributed by atoms with Gasteiger partial charge in [-0.2, -0.15) is 0 Å². The number of carbonyl (C=O) groups is 2. The molecule has 0 atom stereocenters. The average Bonchev–Trinajstić information content (AvgIpc) is 2.06. The van der Waals surface area contributed by atoms with Crippen molar-refractivity contribution in [3.05, 3.63) is 35.9 Å². The van der Waals surface area contributed by atoms with E-state index >= 15 is 0 Å². The van der Waals surface area contributed by atoms with E-state index in [1.165, 1.54) is 0 Å². The Morgan fingerprint density at radius 2 is 1.75 bits per heavy atom. The molecule has 0 amide bonds. The van der Waals surface area contributed by atoms with Crippen LogP contribution in [0.5, 0.6) is 0 Å². The summed E-state index contributed by atoms with van der Waals surface area (Å²) >= 11 is 4.99. The predicted octanol–water partition coefficient (Wildman–Crippen LogP) is 1.56. The molecule has 0 fully saturated rings. The number of Topliss-reactive ketones (excluding diaryl/α,β-unsaturated/α-hetero) is 1. The lowest BCUT2D eigenvalue weighted by atomic mass is 10.1. The molecule has 0 aliphatic rings. The molecule has 0 radical (unpaired) electrons. The molecule has 0 saturated heterocycles. The van der Waals surface area contributed by atoms with Gasteiger partial charge in [-0.05, 0) is 17.2 Å². The van der Waals surface area contributed by atoms with Crippen LogP contribution in [-0.2, 0) is 16.0 Å². The molecule has 1 aromatic rings. The van der Waals surface area contributed by atoms with E-state index < -0.39 is 11.0 Å². The molecule has 0 bridgehead atoms. The molecule has 3 heteroatoms. The molecule has 0 aromatic heterocycles. The highest BCUT2D eigenvalue weighted by molar-refractivity contribution is 6.81. The molecule has 0 N–H and O–H groups in total. The fraction of sp³-hybridized carbons (Fsp3) is 0.111. The van der Waals surface area contributed by atoms with Crippen LogP contribution in [-0.4, -0.2) is 11.0 Å². The molecule has 0 spiro atoms. The van der Waals surface area contributed by atoms with E-state index in [0.717, 1.165) is 5.56 Å². The summed E-state index contributed by atoms with van der Waals surface area (Å²) in [6.45, 7) is 0. The van der Waals surface area contributed by atoms with Crippen molar-refractivity contribution in [2.24, 2.45) is 0 Å². The van der Waals surface area contributed by atoms with E-state index in [-0.39, 0.29) is 6.42 Å². The van der Waals surface area contributed by atoms with Gasteiger partial charge < -0.3 is 0 Å². The second-order valence-electron chi connectivity index (χ2n) is 2.36. The molecule has 1 aromatic carbocycles. The van der Waals surface area contributed by atoms with Gasteiger partial charge in [0.25, 0.3) is 5.24 Å². The maximum atomic E-state index is 10.8. The second-order valence-corrected chi connectivity index (χ2v) is 2.70. The zero-order valence-corrected chi connectivity index (χ0v) is 7.04. The number of hydrogen-bond acceptors (Lipinski definition) is 2. The van der Waals surface area contributed by atoms with Crippen LogP contribution in [0, 0.1) is 0 Å². The first kappa shape index (κ1) is 8.94. The first-order valence-electron chi connectivity index (χ1n) is 3.47. The maximum Gasteiger partial charge on any atom is 0.288 e. The largest absolute Gasteiger partial charge is 0.289 e. The van der Waals surface area contributed by atoms with Crippen LogP contribution < -0.4 is 0 Å². The minimum atomic E-state index is -0.904. The SMILES string of the molecule is O=C(Cl)C(=O)Cc1ccccc1. The van der Waals surface area contributed by atoms with Crippen molar-refractivity contribution < 1.29 is 9.59 Å². The quantitative estimate of drug-likeness (QED) is 0.525. The molecule has 0 heterocycles. The van der Waals surface area contributed by atoms with Gasteiger partial charge in [0.15, 0.2) is 0 Å². The summed E-state index contributed by atoms with van der Waals surface area (Å²) in [4.78, 5) is 21.2. The zero-order valence-electron chi connectivity index (χ0n) is 6.29. The van der Waals surface area contributed by atoms with Crippen molar-refractivity contribution in [3.63, 3.8) is 0 Å². The molecule has 0 aliphatic heterocycles. The number of carbonyl (C=O) groups excluding carboxylic acids is 2. The van der Waals surface area contributed by atoms with E-state index in [2.05, 4.69) is 0 Å². The number of benzene rings is 1. The summed E-state index contributed by atoms with van der Waals surface area (Å²) in [6, 6.07) is 9.01. The van der Waals surface area contributed by atoms with Crippen LogP contribution in [0.1, 0.15) is 5.56 Å². The van der Waals surface area contributed by atoms with Gasteiger partial charge in [0.05, 0.1) is 0 Å². The summed E-state index contributed by atoms with van der Waals surface area (Å²) in [7, 11) is 0. The van der Waals surface area contributed by atoms with Crippen LogP contribution in [0.2, 0.25) is 0 Å². The molecule has 2 nitrogen and oxygen atoms in total. The molecular weight excluding hydrogens is 176 g/mol. The van der Waals surface area contributed by atoms with Crippen molar-refractivity contribution in [2.45, 2.75) is 6.42 Å².